The lowest BCUT2D eigenvalue weighted by atomic mass is 9.93. The van der Waals surface area contributed by atoms with Crippen molar-refractivity contribution in [2.75, 3.05) is 0 Å². The number of hydrogen-bond donors (Lipinski definition) is 0. The van der Waals surface area contributed by atoms with Crippen LogP contribution in [0.5, 0.6) is 0 Å². The number of allylic oxidation sites excluding steroid dienone is 1. The summed E-state index contributed by atoms with van der Waals surface area (Å²) >= 11 is 0. The first-order valence-corrected chi connectivity index (χ1v) is 4.65. The fraction of sp³-hybridized carbons (Fsp3) is 0.364. The molecule has 0 saturated heterocycles. The van der Waals surface area contributed by atoms with E-state index in [1.165, 1.54) is 0 Å². The van der Waals surface area contributed by atoms with Crippen LogP contribution >= 0.6 is 0 Å². The Morgan fingerprint density at radius 2 is 2.07 bits per heavy atom. The molecule has 1 aliphatic heterocycles. The molecular formula is C11H13N3. The van der Waals surface area contributed by atoms with Gasteiger partial charge < -0.3 is 0 Å². The Morgan fingerprint density at radius 1 is 1.29 bits per heavy atom. The van der Waals surface area contributed by atoms with Gasteiger partial charge in [0.05, 0.1) is 11.6 Å². The van der Waals surface area contributed by atoms with E-state index in [0.717, 1.165) is 16.3 Å². The Kier molecular flexibility index (Phi) is 1.95. The predicted molar refractivity (Wildman–Crippen MR) is 54.9 cm³/mol. The molecule has 1 aromatic heterocycles. The van der Waals surface area contributed by atoms with Gasteiger partial charge in [-0.15, -0.1) is 5.10 Å². The van der Waals surface area contributed by atoms with E-state index in [0.29, 0.717) is 0 Å². The maximum atomic E-state index is 4.37. The second-order valence-corrected chi connectivity index (χ2v) is 4.17. The third-order valence-corrected chi connectivity index (χ3v) is 2.25. The number of aromatic nitrogens is 2. The molecule has 0 N–H and O–H groups in total. The van der Waals surface area contributed by atoms with Gasteiger partial charge in [-0.25, -0.2) is 0 Å². The summed E-state index contributed by atoms with van der Waals surface area (Å²) in [6, 6.07) is 0. The van der Waals surface area contributed by atoms with Crippen molar-refractivity contribution >= 4 is 6.08 Å². The third-order valence-electron chi connectivity index (χ3n) is 2.25. The summed E-state index contributed by atoms with van der Waals surface area (Å²) in [6.07, 6.45) is 7.74. The summed E-state index contributed by atoms with van der Waals surface area (Å²) in [5.74, 6) is 0. The van der Waals surface area contributed by atoms with Crippen LogP contribution in [0, 0.1) is 12.3 Å². The molecule has 1 aromatic rings. The van der Waals surface area contributed by atoms with Crippen molar-refractivity contribution < 1.29 is 0 Å². The highest BCUT2D eigenvalue weighted by Gasteiger charge is 2.12. The van der Waals surface area contributed by atoms with Crippen molar-refractivity contribution in [3.63, 3.8) is 0 Å². The maximum Gasteiger partial charge on any atom is 0.108 e. The molecule has 3 nitrogen and oxygen atoms in total. The highest BCUT2D eigenvalue weighted by molar-refractivity contribution is 5.34. The minimum Gasteiger partial charge on any atom is -0.255 e. The van der Waals surface area contributed by atoms with Crippen molar-refractivity contribution in [3.8, 4) is 0 Å². The average Bonchev–Trinajstić information content (AvgIpc) is 2.23. The van der Waals surface area contributed by atoms with Crippen LogP contribution < -0.4 is 10.7 Å². The molecule has 0 unspecified atom stereocenters. The van der Waals surface area contributed by atoms with Gasteiger partial charge in [0.15, 0.2) is 0 Å². The molecule has 0 saturated carbocycles. The second-order valence-electron chi connectivity index (χ2n) is 4.17. The Morgan fingerprint density at radius 3 is 2.86 bits per heavy atom. The van der Waals surface area contributed by atoms with Crippen LogP contribution in [0.15, 0.2) is 23.5 Å². The van der Waals surface area contributed by atoms with Gasteiger partial charge in [0.2, 0.25) is 0 Å². The van der Waals surface area contributed by atoms with Gasteiger partial charge in [-0.3, -0.25) is 4.99 Å². The monoisotopic (exact) mass is 187 g/mol. The topological polar surface area (TPSA) is 38.1 Å². The van der Waals surface area contributed by atoms with Crippen LogP contribution in [0.25, 0.3) is 6.08 Å². The zero-order chi connectivity index (χ0) is 10.2. The largest absolute Gasteiger partial charge is 0.255 e. The lowest BCUT2D eigenvalue weighted by Crippen LogP contribution is -2.32. The predicted octanol–water partition coefficient (Wildman–Crippen LogP) is 0.739. The van der Waals surface area contributed by atoms with Gasteiger partial charge in [-0.1, -0.05) is 19.9 Å². The average molecular weight is 187 g/mol. The lowest BCUT2D eigenvalue weighted by molar-refractivity contribution is 0.666. The molecule has 3 heteroatoms. The zero-order valence-electron chi connectivity index (χ0n) is 8.65. The zero-order valence-corrected chi connectivity index (χ0v) is 8.65. The Hall–Kier alpha value is -1.51. The Labute approximate surface area is 82.9 Å². The van der Waals surface area contributed by atoms with Gasteiger partial charge in [-0.2, -0.15) is 5.10 Å². The smallest absolute Gasteiger partial charge is 0.108 e. The molecule has 0 radical (unpaired) electrons. The molecular weight excluding hydrogens is 174 g/mol. The number of rotatable bonds is 0. The summed E-state index contributed by atoms with van der Waals surface area (Å²) in [4.78, 5) is 4.37. The van der Waals surface area contributed by atoms with Crippen molar-refractivity contribution in [1.82, 2.24) is 10.2 Å². The van der Waals surface area contributed by atoms with Gasteiger partial charge >= 0.3 is 0 Å². The molecule has 0 aromatic carbocycles. The number of aryl methyl sites for hydroxylation is 1. The van der Waals surface area contributed by atoms with Crippen molar-refractivity contribution in [2.45, 2.75) is 20.8 Å². The van der Waals surface area contributed by atoms with Crippen LogP contribution in [0.3, 0.4) is 0 Å². The maximum absolute atomic E-state index is 4.37. The lowest BCUT2D eigenvalue weighted by Gasteiger charge is -2.11. The van der Waals surface area contributed by atoms with Crippen molar-refractivity contribution in [1.29, 1.82) is 0 Å². The summed E-state index contributed by atoms with van der Waals surface area (Å²) in [5, 5.41) is 9.84. The molecule has 0 bridgehead atoms. The van der Waals surface area contributed by atoms with Gasteiger partial charge in [-0.05, 0) is 18.6 Å². The quantitative estimate of drug-likeness (QED) is 0.600. The number of fused-ring (bicyclic) bond motifs is 1. The molecule has 0 atom stereocenters. The van der Waals surface area contributed by atoms with E-state index >= 15 is 0 Å². The highest BCUT2D eigenvalue weighted by atomic mass is 15.1. The van der Waals surface area contributed by atoms with Crippen molar-refractivity contribution in [2.24, 2.45) is 10.4 Å². The van der Waals surface area contributed by atoms with Crippen LogP contribution in [-0.2, 0) is 0 Å². The number of nitrogens with zero attached hydrogens (tertiary/aromatic N) is 3. The normalized spacial score (nSPS) is 17.6. The molecule has 1 aliphatic rings. The van der Waals surface area contributed by atoms with E-state index < -0.39 is 0 Å². The molecule has 0 spiro atoms. The van der Waals surface area contributed by atoms with E-state index in [-0.39, 0.29) is 5.41 Å². The first-order chi connectivity index (χ1) is 6.58. The third kappa shape index (κ3) is 1.58. The van der Waals surface area contributed by atoms with E-state index in [9.17, 15) is 0 Å². The fourth-order valence-corrected chi connectivity index (χ4v) is 1.46. The Bertz CT molecular complexity index is 498. The SMILES string of the molecule is Cc1cnnc2c1=NC=CC(C)(C)C=2. The Balaban J connectivity index is 2.83. The minimum absolute atomic E-state index is 0.00275. The standard InChI is InChI=1S/C11H13N3/c1-8-7-13-14-9-6-11(2,3)4-5-12-10(8)9/h4-7H,1-3H3. The summed E-state index contributed by atoms with van der Waals surface area (Å²) in [6.45, 7) is 6.24. The molecule has 72 valence electrons. The van der Waals surface area contributed by atoms with Gasteiger partial charge in [0.25, 0.3) is 0 Å². The first kappa shape index (κ1) is 9.06. The van der Waals surface area contributed by atoms with Crippen LogP contribution in [-0.4, -0.2) is 10.2 Å². The van der Waals surface area contributed by atoms with Crippen LogP contribution in [0.4, 0.5) is 0 Å². The molecule has 2 heterocycles. The minimum atomic E-state index is -0.00275. The van der Waals surface area contributed by atoms with E-state index in [2.05, 4.69) is 41.2 Å². The molecule has 0 amide bonds. The highest BCUT2D eigenvalue weighted by Crippen LogP contribution is 2.18. The second kappa shape index (κ2) is 3.01. The summed E-state index contributed by atoms with van der Waals surface area (Å²) in [7, 11) is 0. The van der Waals surface area contributed by atoms with E-state index in [4.69, 9.17) is 0 Å². The van der Waals surface area contributed by atoms with Crippen LogP contribution in [0.1, 0.15) is 19.4 Å². The molecule has 0 aliphatic carbocycles. The van der Waals surface area contributed by atoms with E-state index in [1.54, 1.807) is 6.20 Å². The van der Waals surface area contributed by atoms with Gasteiger partial charge in [0, 0.05) is 11.6 Å². The summed E-state index contributed by atoms with van der Waals surface area (Å²) in [5.41, 5.74) is 1.06. The number of hydrogen-bond acceptors (Lipinski definition) is 3. The summed E-state index contributed by atoms with van der Waals surface area (Å²) < 4.78 is 0. The first-order valence-electron chi connectivity index (χ1n) is 4.65. The molecule has 2 rings (SSSR count). The van der Waals surface area contributed by atoms with Crippen molar-refractivity contribution in [3.05, 3.63) is 34.7 Å². The van der Waals surface area contributed by atoms with Crippen LogP contribution in [0.2, 0.25) is 0 Å². The molecule has 14 heavy (non-hydrogen) atoms. The van der Waals surface area contributed by atoms with E-state index in [1.807, 2.05) is 13.1 Å². The fourth-order valence-electron chi connectivity index (χ4n) is 1.46. The molecule has 0 fully saturated rings. The van der Waals surface area contributed by atoms with Gasteiger partial charge in [0.1, 0.15) is 5.35 Å².